The zero-order valence-corrected chi connectivity index (χ0v) is 6.23. The first-order chi connectivity index (χ1) is 5.20. The zero-order valence-electron chi connectivity index (χ0n) is 6.23. The van der Waals surface area contributed by atoms with Crippen LogP contribution in [0.15, 0.2) is 0 Å². The Hall–Kier alpha value is -0.450. The van der Waals surface area contributed by atoms with Crippen LogP contribution in [-0.2, 0) is 4.79 Å². The second-order valence-corrected chi connectivity index (χ2v) is 3.31. The predicted molar refractivity (Wildman–Crippen MR) is 39.0 cm³/mol. The Labute approximate surface area is 65.0 Å². The van der Waals surface area contributed by atoms with Gasteiger partial charge in [-0.15, -0.1) is 0 Å². The molecule has 2 saturated heterocycles. The van der Waals surface area contributed by atoms with Crippen molar-refractivity contribution in [2.24, 2.45) is 5.73 Å². The highest BCUT2D eigenvalue weighted by atomic mass is 16.3. The molecule has 4 nitrogen and oxygen atoms in total. The van der Waals surface area contributed by atoms with Crippen LogP contribution in [-0.4, -0.2) is 47.1 Å². The van der Waals surface area contributed by atoms with Gasteiger partial charge in [-0.1, -0.05) is 0 Å². The number of Topliss-reactive ketones (excluding diaryl/α,β-unsaturated/α-hetero) is 1. The van der Waals surface area contributed by atoms with E-state index in [4.69, 9.17) is 5.73 Å². The lowest BCUT2D eigenvalue weighted by Crippen LogP contribution is -2.43. The van der Waals surface area contributed by atoms with Crippen molar-refractivity contribution in [1.82, 2.24) is 4.90 Å². The molecule has 4 heteroatoms. The standard InChI is InChI=1S/C7H12N2O2/c8-6-5(11)3-9-2-1-4(10)7(6)9/h4,6-7,10H,1-3,8H2/t4?,6-,7?/m0/s1. The first-order valence-corrected chi connectivity index (χ1v) is 3.90. The molecule has 0 radical (unpaired) electrons. The molecule has 0 aromatic carbocycles. The SMILES string of the molecule is N[C@H]1C(=O)CN2CCC(O)C12. The number of carbonyl (C=O) groups excluding carboxylic acids is 1. The Bertz CT molecular complexity index is 195. The molecule has 2 fully saturated rings. The van der Waals surface area contributed by atoms with Crippen molar-refractivity contribution in [2.75, 3.05) is 13.1 Å². The van der Waals surface area contributed by atoms with Crippen LogP contribution in [0.25, 0.3) is 0 Å². The molecule has 11 heavy (non-hydrogen) atoms. The third kappa shape index (κ3) is 0.903. The summed E-state index contributed by atoms with van der Waals surface area (Å²) in [6, 6.07) is -0.546. The molecule has 0 saturated carbocycles. The first-order valence-electron chi connectivity index (χ1n) is 3.90. The van der Waals surface area contributed by atoms with Crippen molar-refractivity contribution in [1.29, 1.82) is 0 Å². The van der Waals surface area contributed by atoms with Gasteiger partial charge in [0.25, 0.3) is 0 Å². The van der Waals surface area contributed by atoms with Gasteiger partial charge in [-0.3, -0.25) is 9.69 Å². The van der Waals surface area contributed by atoms with E-state index in [9.17, 15) is 9.90 Å². The van der Waals surface area contributed by atoms with Crippen LogP contribution in [0.5, 0.6) is 0 Å². The monoisotopic (exact) mass is 156 g/mol. The van der Waals surface area contributed by atoms with E-state index >= 15 is 0 Å². The molecule has 0 amide bonds. The van der Waals surface area contributed by atoms with Gasteiger partial charge < -0.3 is 10.8 Å². The number of rotatable bonds is 0. The molecule has 2 rings (SSSR count). The van der Waals surface area contributed by atoms with Gasteiger partial charge in [-0.05, 0) is 6.42 Å². The maximum Gasteiger partial charge on any atom is 0.165 e. The summed E-state index contributed by atoms with van der Waals surface area (Å²) in [5, 5.41) is 9.41. The largest absolute Gasteiger partial charge is 0.391 e. The molecule has 0 aliphatic carbocycles. The van der Waals surface area contributed by atoms with Crippen LogP contribution in [0.2, 0.25) is 0 Å². The lowest BCUT2D eigenvalue weighted by molar-refractivity contribution is -0.118. The minimum atomic E-state index is -0.451. The van der Waals surface area contributed by atoms with E-state index in [0.29, 0.717) is 6.54 Å². The predicted octanol–water partition coefficient (Wildman–Crippen LogP) is -1.67. The van der Waals surface area contributed by atoms with E-state index in [2.05, 4.69) is 0 Å². The molecule has 2 heterocycles. The quantitative estimate of drug-likeness (QED) is 0.440. The Balaban J connectivity index is 2.19. The molecule has 2 aliphatic heterocycles. The van der Waals surface area contributed by atoms with Gasteiger partial charge in [0, 0.05) is 6.54 Å². The maximum atomic E-state index is 11.1. The Morgan fingerprint density at radius 2 is 2.36 bits per heavy atom. The summed E-state index contributed by atoms with van der Waals surface area (Å²) in [5.41, 5.74) is 5.60. The number of fused-ring (bicyclic) bond motifs is 1. The number of hydrogen-bond acceptors (Lipinski definition) is 4. The fourth-order valence-corrected chi connectivity index (χ4v) is 2.01. The third-order valence-electron chi connectivity index (χ3n) is 2.63. The number of ketones is 1. The van der Waals surface area contributed by atoms with E-state index in [1.807, 2.05) is 4.90 Å². The van der Waals surface area contributed by atoms with Gasteiger partial charge in [0.15, 0.2) is 5.78 Å². The van der Waals surface area contributed by atoms with Crippen LogP contribution < -0.4 is 5.73 Å². The Morgan fingerprint density at radius 3 is 3.00 bits per heavy atom. The van der Waals surface area contributed by atoms with Crippen LogP contribution in [0.4, 0.5) is 0 Å². The van der Waals surface area contributed by atoms with Gasteiger partial charge >= 0.3 is 0 Å². The molecule has 2 aliphatic rings. The maximum absolute atomic E-state index is 11.1. The molecular weight excluding hydrogens is 144 g/mol. The van der Waals surface area contributed by atoms with E-state index < -0.39 is 12.1 Å². The number of carbonyl (C=O) groups is 1. The fraction of sp³-hybridized carbons (Fsp3) is 0.857. The van der Waals surface area contributed by atoms with Gasteiger partial charge in [-0.2, -0.15) is 0 Å². The number of nitrogens with zero attached hydrogens (tertiary/aromatic N) is 1. The normalized spacial score (nSPS) is 44.9. The van der Waals surface area contributed by atoms with Crippen LogP contribution >= 0.6 is 0 Å². The minimum absolute atomic E-state index is 0.0637. The van der Waals surface area contributed by atoms with Gasteiger partial charge in [0.1, 0.15) is 0 Å². The van der Waals surface area contributed by atoms with Crippen molar-refractivity contribution in [3.8, 4) is 0 Å². The molecule has 0 bridgehead atoms. The molecule has 0 spiro atoms. The third-order valence-corrected chi connectivity index (χ3v) is 2.63. The summed E-state index contributed by atoms with van der Waals surface area (Å²) >= 11 is 0. The molecular formula is C7H12N2O2. The minimum Gasteiger partial charge on any atom is -0.391 e. The van der Waals surface area contributed by atoms with E-state index in [1.54, 1.807) is 0 Å². The van der Waals surface area contributed by atoms with Crippen LogP contribution in [0, 0.1) is 0 Å². The van der Waals surface area contributed by atoms with E-state index in [-0.39, 0.29) is 11.8 Å². The topological polar surface area (TPSA) is 66.6 Å². The molecule has 2 unspecified atom stereocenters. The van der Waals surface area contributed by atoms with Gasteiger partial charge in [-0.25, -0.2) is 0 Å². The van der Waals surface area contributed by atoms with Crippen molar-refractivity contribution in [3.63, 3.8) is 0 Å². The average molecular weight is 156 g/mol. The summed E-state index contributed by atoms with van der Waals surface area (Å²) in [6.45, 7) is 1.24. The summed E-state index contributed by atoms with van der Waals surface area (Å²) in [7, 11) is 0. The number of nitrogens with two attached hydrogens (primary N) is 1. The highest BCUT2D eigenvalue weighted by Gasteiger charge is 2.45. The number of aliphatic hydroxyl groups excluding tert-OH is 1. The second kappa shape index (κ2) is 2.27. The molecule has 62 valence electrons. The number of hydrogen-bond donors (Lipinski definition) is 2. The lowest BCUT2D eigenvalue weighted by Gasteiger charge is -2.18. The summed E-state index contributed by atoms with van der Waals surface area (Å²) in [4.78, 5) is 13.0. The fourth-order valence-electron chi connectivity index (χ4n) is 2.01. The Kier molecular flexibility index (Phi) is 1.49. The Morgan fingerprint density at radius 1 is 1.64 bits per heavy atom. The second-order valence-electron chi connectivity index (χ2n) is 3.31. The average Bonchev–Trinajstić information content (AvgIpc) is 2.41. The van der Waals surface area contributed by atoms with Crippen LogP contribution in [0.3, 0.4) is 0 Å². The molecule has 0 aromatic rings. The van der Waals surface area contributed by atoms with Crippen molar-refractivity contribution < 1.29 is 9.90 Å². The molecule has 0 aromatic heterocycles. The highest BCUT2D eigenvalue weighted by Crippen LogP contribution is 2.25. The summed E-state index contributed by atoms with van der Waals surface area (Å²) in [5.74, 6) is 0.0637. The van der Waals surface area contributed by atoms with Gasteiger partial charge in [0.2, 0.25) is 0 Å². The zero-order chi connectivity index (χ0) is 8.01. The van der Waals surface area contributed by atoms with Crippen molar-refractivity contribution in [2.45, 2.75) is 24.6 Å². The van der Waals surface area contributed by atoms with Crippen LogP contribution in [0.1, 0.15) is 6.42 Å². The molecule has 3 atom stereocenters. The first kappa shape index (κ1) is 7.21. The summed E-state index contributed by atoms with van der Waals surface area (Å²) in [6.07, 6.45) is 0.363. The summed E-state index contributed by atoms with van der Waals surface area (Å²) < 4.78 is 0. The van der Waals surface area contributed by atoms with Crippen molar-refractivity contribution >= 4 is 5.78 Å². The van der Waals surface area contributed by atoms with Crippen molar-refractivity contribution in [3.05, 3.63) is 0 Å². The lowest BCUT2D eigenvalue weighted by atomic mass is 10.0. The molecule has 3 N–H and O–H groups in total. The number of aliphatic hydroxyl groups is 1. The smallest absolute Gasteiger partial charge is 0.165 e. The van der Waals surface area contributed by atoms with Gasteiger partial charge in [0.05, 0.1) is 24.7 Å². The van der Waals surface area contributed by atoms with E-state index in [0.717, 1.165) is 13.0 Å². The highest BCUT2D eigenvalue weighted by molar-refractivity contribution is 5.89. The van der Waals surface area contributed by atoms with E-state index in [1.165, 1.54) is 0 Å².